The first-order chi connectivity index (χ1) is 19.7. The highest BCUT2D eigenvalue weighted by Crippen LogP contribution is 2.35. The Morgan fingerprint density at radius 1 is 1.00 bits per heavy atom. The van der Waals surface area contributed by atoms with E-state index in [0.29, 0.717) is 34.0 Å². The number of rotatable bonds is 13. The summed E-state index contributed by atoms with van der Waals surface area (Å²) in [7, 11) is 2.98. The van der Waals surface area contributed by atoms with Crippen LogP contribution in [0.3, 0.4) is 0 Å². The lowest BCUT2D eigenvalue weighted by Gasteiger charge is -2.18. The Kier molecular flexibility index (Phi) is 9.88. The number of halogens is 1. The maximum Gasteiger partial charge on any atom is 0.222 e. The Hall–Kier alpha value is -4.48. The van der Waals surface area contributed by atoms with Gasteiger partial charge in [0.1, 0.15) is 36.9 Å². The van der Waals surface area contributed by atoms with E-state index in [1.807, 2.05) is 25.1 Å². The van der Waals surface area contributed by atoms with Crippen LogP contribution in [0.1, 0.15) is 24.0 Å². The molecule has 0 spiro atoms. The summed E-state index contributed by atoms with van der Waals surface area (Å²) >= 11 is 0. The van der Waals surface area contributed by atoms with E-state index in [-0.39, 0.29) is 37.8 Å². The van der Waals surface area contributed by atoms with Crippen LogP contribution in [-0.2, 0) is 11.4 Å². The topological polar surface area (TPSA) is 135 Å². The highest BCUT2D eigenvalue weighted by Gasteiger charge is 2.18. The lowest BCUT2D eigenvalue weighted by molar-refractivity contribution is -0.122. The second-order valence-electron chi connectivity index (χ2n) is 9.50. The number of aromatic nitrogens is 2. The largest absolute Gasteiger partial charge is 0.493 e. The number of fused-ring (bicyclic) bond motifs is 1. The molecule has 2 unspecified atom stereocenters. The van der Waals surface area contributed by atoms with Gasteiger partial charge in [0.15, 0.2) is 11.5 Å². The number of carbonyl (C=O) groups is 1. The molecular weight excluding hydrogens is 531 g/mol. The van der Waals surface area contributed by atoms with Crippen LogP contribution in [0.5, 0.6) is 17.2 Å². The first-order valence-electron chi connectivity index (χ1n) is 13.0. The second-order valence-corrected chi connectivity index (χ2v) is 9.50. The van der Waals surface area contributed by atoms with Crippen molar-refractivity contribution < 1.29 is 33.6 Å². The van der Waals surface area contributed by atoms with Crippen LogP contribution < -0.4 is 24.8 Å². The summed E-state index contributed by atoms with van der Waals surface area (Å²) in [4.78, 5) is 20.2. The van der Waals surface area contributed by atoms with Gasteiger partial charge in [0.25, 0.3) is 0 Å². The molecule has 0 aliphatic heterocycles. The first-order valence-corrected chi connectivity index (χ1v) is 13.0. The summed E-state index contributed by atoms with van der Waals surface area (Å²) in [5, 5.41) is 26.7. The summed E-state index contributed by atoms with van der Waals surface area (Å²) in [5.41, 5.74) is 2.99. The molecule has 1 amide bonds. The first kappa shape index (κ1) is 29.5. The molecule has 0 saturated carbocycles. The van der Waals surface area contributed by atoms with Gasteiger partial charge in [0.05, 0.1) is 31.3 Å². The van der Waals surface area contributed by atoms with Gasteiger partial charge in [-0.2, -0.15) is 0 Å². The molecule has 41 heavy (non-hydrogen) atoms. The molecule has 216 valence electrons. The minimum atomic E-state index is -1.01. The van der Waals surface area contributed by atoms with Crippen LogP contribution >= 0.6 is 0 Å². The lowest BCUT2D eigenvalue weighted by Crippen LogP contribution is -2.29. The molecule has 4 rings (SSSR count). The summed E-state index contributed by atoms with van der Waals surface area (Å²) in [6, 6.07) is 15.3. The molecule has 4 N–H and O–H groups in total. The summed E-state index contributed by atoms with van der Waals surface area (Å²) in [5.74, 6) is 1.34. The number of anilines is 2. The lowest BCUT2D eigenvalue weighted by atomic mass is 10.1. The number of amides is 1. The van der Waals surface area contributed by atoms with E-state index in [9.17, 15) is 19.4 Å². The van der Waals surface area contributed by atoms with Crippen molar-refractivity contribution in [2.75, 3.05) is 26.1 Å². The normalized spacial score (nSPS) is 12.4. The molecule has 4 aromatic rings. The smallest absolute Gasteiger partial charge is 0.222 e. The Morgan fingerprint density at radius 3 is 2.56 bits per heavy atom. The Labute approximate surface area is 237 Å². The molecule has 1 heterocycles. The molecule has 0 fully saturated rings. The number of aryl methyl sites for hydroxylation is 1. The van der Waals surface area contributed by atoms with Crippen molar-refractivity contribution >= 4 is 28.3 Å². The number of nitrogens with one attached hydrogen (secondary N) is 2. The minimum absolute atomic E-state index is 0.0273. The van der Waals surface area contributed by atoms with E-state index in [1.54, 1.807) is 24.3 Å². The van der Waals surface area contributed by atoms with Crippen LogP contribution in [0.15, 0.2) is 60.9 Å². The van der Waals surface area contributed by atoms with Gasteiger partial charge in [-0.3, -0.25) is 4.79 Å². The van der Waals surface area contributed by atoms with Gasteiger partial charge in [-0.15, -0.1) is 0 Å². The van der Waals surface area contributed by atoms with E-state index < -0.39 is 12.2 Å². The second kappa shape index (κ2) is 13.7. The zero-order valence-corrected chi connectivity index (χ0v) is 23.1. The average molecular weight is 565 g/mol. The number of aliphatic hydroxyl groups is 2. The van der Waals surface area contributed by atoms with Gasteiger partial charge >= 0.3 is 0 Å². The number of methoxy groups -OCH3 is 1. The summed E-state index contributed by atoms with van der Waals surface area (Å²) < 4.78 is 30.6. The van der Waals surface area contributed by atoms with Crippen LogP contribution in [0.2, 0.25) is 0 Å². The summed E-state index contributed by atoms with van der Waals surface area (Å²) in [6.45, 7) is 2.03. The third-order valence-corrected chi connectivity index (χ3v) is 6.32. The number of ether oxygens (including phenoxy) is 3. The van der Waals surface area contributed by atoms with Crippen molar-refractivity contribution in [1.29, 1.82) is 0 Å². The van der Waals surface area contributed by atoms with Crippen molar-refractivity contribution in [2.45, 2.75) is 38.6 Å². The number of nitrogens with zero attached hydrogens (tertiary/aromatic N) is 2. The fraction of sp³-hybridized carbons (Fsp3) is 0.300. The van der Waals surface area contributed by atoms with Crippen LogP contribution in [0.4, 0.5) is 15.9 Å². The third kappa shape index (κ3) is 8.03. The molecule has 0 saturated heterocycles. The highest BCUT2D eigenvalue weighted by molar-refractivity contribution is 5.93. The van der Waals surface area contributed by atoms with Crippen LogP contribution in [-0.4, -0.2) is 59.1 Å². The van der Waals surface area contributed by atoms with Crippen molar-refractivity contribution in [3.05, 3.63) is 77.9 Å². The summed E-state index contributed by atoms with van der Waals surface area (Å²) in [6.07, 6.45) is -0.715. The fourth-order valence-corrected chi connectivity index (χ4v) is 4.22. The zero-order chi connectivity index (χ0) is 29.4. The van der Waals surface area contributed by atoms with Gasteiger partial charge in [0, 0.05) is 30.6 Å². The third-order valence-electron chi connectivity index (χ3n) is 6.32. The van der Waals surface area contributed by atoms with Crippen molar-refractivity contribution in [1.82, 2.24) is 15.3 Å². The van der Waals surface area contributed by atoms with E-state index >= 15 is 0 Å². The number of hydrogen-bond donors (Lipinski definition) is 4. The molecule has 0 bridgehead atoms. The van der Waals surface area contributed by atoms with Crippen LogP contribution in [0, 0.1) is 12.7 Å². The van der Waals surface area contributed by atoms with Crippen molar-refractivity contribution in [2.24, 2.45) is 0 Å². The Bertz CT molecular complexity index is 1500. The fourth-order valence-electron chi connectivity index (χ4n) is 4.22. The molecule has 0 aliphatic carbocycles. The number of aliphatic hydroxyl groups excluding tert-OH is 2. The molecule has 10 nitrogen and oxygen atoms in total. The molecule has 1 aromatic heterocycles. The molecule has 3 aromatic carbocycles. The quantitative estimate of drug-likeness (QED) is 0.190. The van der Waals surface area contributed by atoms with Gasteiger partial charge in [-0.25, -0.2) is 14.4 Å². The van der Waals surface area contributed by atoms with E-state index in [2.05, 4.69) is 20.6 Å². The van der Waals surface area contributed by atoms with E-state index in [0.717, 1.165) is 16.8 Å². The monoisotopic (exact) mass is 564 g/mol. The molecule has 0 radical (unpaired) electrons. The predicted octanol–water partition coefficient (Wildman–Crippen LogP) is 4.04. The van der Waals surface area contributed by atoms with Gasteiger partial charge < -0.3 is 35.1 Å². The van der Waals surface area contributed by atoms with E-state index in [1.165, 1.54) is 32.6 Å². The molecule has 0 aliphatic rings. The number of hydrogen-bond acceptors (Lipinski definition) is 9. The predicted molar refractivity (Wildman–Crippen MR) is 152 cm³/mol. The molecule has 11 heteroatoms. The van der Waals surface area contributed by atoms with Gasteiger partial charge in [0.2, 0.25) is 5.91 Å². The minimum Gasteiger partial charge on any atom is -0.493 e. The SMILES string of the molecule is CNC(=O)CC(O)CC(O)COc1cc2c(Nc3ccc(OCc4cccc(F)c4)c(C)c3)ncnc2cc1OC. The van der Waals surface area contributed by atoms with Crippen LogP contribution in [0.25, 0.3) is 10.9 Å². The van der Waals surface area contributed by atoms with E-state index in [4.69, 9.17) is 14.2 Å². The number of carbonyl (C=O) groups excluding carboxylic acids is 1. The van der Waals surface area contributed by atoms with Gasteiger partial charge in [-0.05, 0) is 54.4 Å². The highest BCUT2D eigenvalue weighted by atomic mass is 19.1. The zero-order valence-electron chi connectivity index (χ0n) is 23.1. The molecule has 2 atom stereocenters. The molecular formula is C30H33FN4O6. The maximum absolute atomic E-state index is 13.5. The Balaban J connectivity index is 1.47. The van der Waals surface area contributed by atoms with Crippen molar-refractivity contribution in [3.63, 3.8) is 0 Å². The Morgan fingerprint density at radius 2 is 1.83 bits per heavy atom. The maximum atomic E-state index is 13.5. The number of benzene rings is 3. The standard InChI is InChI=1S/C30H33FN4O6/c1-18-9-21(7-8-26(18)40-15-19-5-4-6-20(31)10-19)35-30-24-13-28(27(39-3)14-25(24)33-17-34-30)41-16-23(37)11-22(36)12-29(38)32-2/h4-10,13-14,17,22-23,36-37H,11-12,15-16H2,1-3H3,(H,32,38)(H,33,34,35). The average Bonchev–Trinajstić information content (AvgIpc) is 2.95. The van der Waals surface area contributed by atoms with Crippen molar-refractivity contribution in [3.8, 4) is 17.2 Å². The van der Waals surface area contributed by atoms with Gasteiger partial charge in [-0.1, -0.05) is 12.1 Å².